The third-order valence-electron chi connectivity index (χ3n) is 2.15. The van der Waals surface area contributed by atoms with E-state index >= 15 is 0 Å². The van der Waals surface area contributed by atoms with Crippen LogP contribution < -0.4 is 10.2 Å². The van der Waals surface area contributed by atoms with Gasteiger partial charge in [0.2, 0.25) is 0 Å². The molecule has 1 aromatic carbocycles. The van der Waals surface area contributed by atoms with E-state index in [9.17, 15) is 4.79 Å². The molecule has 1 heterocycles. The van der Waals surface area contributed by atoms with Crippen molar-refractivity contribution in [2.24, 2.45) is 0 Å². The minimum atomic E-state index is 0.00847. The highest BCUT2D eigenvalue weighted by Crippen LogP contribution is 2.15. The quantitative estimate of drug-likeness (QED) is 0.742. The lowest BCUT2D eigenvalue weighted by atomic mass is 10.3. The molecule has 0 aliphatic carbocycles. The number of hydrogen-bond acceptors (Lipinski definition) is 2. The zero-order valence-electron chi connectivity index (χ0n) is 8.38. The molecule has 0 bridgehead atoms. The molecule has 0 radical (unpaired) electrons. The van der Waals surface area contributed by atoms with Gasteiger partial charge in [-0.15, -0.1) is 0 Å². The average Bonchev–Trinajstić information content (AvgIpc) is 2.30. The first-order valence-electron chi connectivity index (χ1n) is 4.62. The van der Waals surface area contributed by atoms with E-state index in [0.717, 1.165) is 11.4 Å². The summed E-state index contributed by atoms with van der Waals surface area (Å²) in [7, 11) is 1.63. The SMILES string of the molecule is COc1cccc(-n2ccc(=O)cc2)c1. The summed E-state index contributed by atoms with van der Waals surface area (Å²) in [6.45, 7) is 0. The van der Waals surface area contributed by atoms with E-state index < -0.39 is 0 Å². The molecule has 2 rings (SSSR count). The summed E-state index contributed by atoms with van der Waals surface area (Å²) in [6, 6.07) is 10.7. The highest BCUT2D eigenvalue weighted by atomic mass is 16.5. The molecular weight excluding hydrogens is 190 g/mol. The lowest BCUT2D eigenvalue weighted by molar-refractivity contribution is 0.414. The second kappa shape index (κ2) is 4.00. The third kappa shape index (κ3) is 2.07. The Morgan fingerprint density at radius 2 is 1.87 bits per heavy atom. The van der Waals surface area contributed by atoms with E-state index in [2.05, 4.69) is 0 Å². The summed E-state index contributed by atoms with van der Waals surface area (Å²) in [5, 5.41) is 0. The van der Waals surface area contributed by atoms with E-state index in [-0.39, 0.29) is 5.43 Å². The van der Waals surface area contributed by atoms with Gasteiger partial charge < -0.3 is 9.30 Å². The maximum atomic E-state index is 10.9. The van der Waals surface area contributed by atoms with Gasteiger partial charge >= 0.3 is 0 Å². The van der Waals surface area contributed by atoms with Crippen LogP contribution in [0.2, 0.25) is 0 Å². The summed E-state index contributed by atoms with van der Waals surface area (Å²) in [5.41, 5.74) is 0.975. The largest absolute Gasteiger partial charge is 0.497 e. The number of rotatable bonds is 2. The van der Waals surface area contributed by atoms with Gasteiger partial charge in [-0.2, -0.15) is 0 Å². The number of ether oxygens (including phenoxy) is 1. The fourth-order valence-corrected chi connectivity index (χ4v) is 1.36. The molecule has 0 saturated carbocycles. The molecule has 0 fully saturated rings. The standard InChI is InChI=1S/C12H11NO2/c1-15-12-4-2-3-10(9-12)13-7-5-11(14)6-8-13/h2-9H,1H3. The van der Waals surface area contributed by atoms with Gasteiger partial charge in [0.05, 0.1) is 7.11 Å². The topological polar surface area (TPSA) is 31.2 Å². The summed E-state index contributed by atoms with van der Waals surface area (Å²) >= 11 is 0. The van der Waals surface area contributed by atoms with E-state index in [0.29, 0.717) is 0 Å². The molecule has 0 unspecified atom stereocenters. The van der Waals surface area contributed by atoms with Gasteiger partial charge in [-0.1, -0.05) is 6.07 Å². The van der Waals surface area contributed by atoms with Crippen molar-refractivity contribution in [3.05, 3.63) is 59.0 Å². The van der Waals surface area contributed by atoms with Crippen molar-refractivity contribution in [3.63, 3.8) is 0 Å². The molecule has 0 saturated heterocycles. The van der Waals surface area contributed by atoms with Gasteiger partial charge in [-0.05, 0) is 12.1 Å². The predicted octanol–water partition coefficient (Wildman–Crippen LogP) is 1.85. The van der Waals surface area contributed by atoms with Crippen LogP contribution in [0.1, 0.15) is 0 Å². The van der Waals surface area contributed by atoms with Crippen molar-refractivity contribution in [3.8, 4) is 11.4 Å². The molecule has 0 N–H and O–H groups in total. The first kappa shape index (κ1) is 9.52. The summed E-state index contributed by atoms with van der Waals surface area (Å²) in [5.74, 6) is 0.797. The molecule has 1 aromatic heterocycles. The molecule has 15 heavy (non-hydrogen) atoms. The molecular formula is C12H11NO2. The van der Waals surface area contributed by atoms with Crippen molar-refractivity contribution in [2.45, 2.75) is 0 Å². The summed E-state index contributed by atoms with van der Waals surface area (Å²) < 4.78 is 6.99. The van der Waals surface area contributed by atoms with Crippen LogP contribution in [0.5, 0.6) is 5.75 Å². The van der Waals surface area contributed by atoms with Crippen molar-refractivity contribution in [1.29, 1.82) is 0 Å². The average molecular weight is 201 g/mol. The van der Waals surface area contributed by atoms with E-state index in [1.165, 1.54) is 12.1 Å². The molecule has 0 spiro atoms. The normalized spacial score (nSPS) is 9.93. The van der Waals surface area contributed by atoms with Crippen LogP contribution in [0.3, 0.4) is 0 Å². The molecule has 2 aromatic rings. The molecule has 0 amide bonds. The fraction of sp³-hybridized carbons (Fsp3) is 0.0833. The Morgan fingerprint density at radius 3 is 2.53 bits per heavy atom. The molecule has 76 valence electrons. The number of hydrogen-bond donors (Lipinski definition) is 0. The Morgan fingerprint density at radius 1 is 1.13 bits per heavy atom. The van der Waals surface area contributed by atoms with Crippen molar-refractivity contribution >= 4 is 0 Å². The van der Waals surface area contributed by atoms with Crippen LogP contribution in [-0.2, 0) is 0 Å². The Labute approximate surface area is 87.6 Å². The van der Waals surface area contributed by atoms with Crippen molar-refractivity contribution < 1.29 is 4.74 Å². The smallest absolute Gasteiger partial charge is 0.181 e. The number of nitrogens with zero attached hydrogens (tertiary/aromatic N) is 1. The van der Waals surface area contributed by atoms with Gasteiger partial charge in [-0.25, -0.2) is 0 Å². The number of methoxy groups -OCH3 is 1. The Hall–Kier alpha value is -2.03. The highest BCUT2D eigenvalue weighted by molar-refractivity contribution is 5.39. The maximum absolute atomic E-state index is 10.9. The van der Waals surface area contributed by atoms with Gasteiger partial charge in [-0.3, -0.25) is 4.79 Å². The van der Waals surface area contributed by atoms with Crippen LogP contribution in [0, 0.1) is 0 Å². The predicted molar refractivity (Wildman–Crippen MR) is 58.6 cm³/mol. The van der Waals surface area contributed by atoms with Gasteiger partial charge in [0.1, 0.15) is 5.75 Å². The van der Waals surface area contributed by atoms with E-state index in [4.69, 9.17) is 4.74 Å². The minimum Gasteiger partial charge on any atom is -0.497 e. The minimum absolute atomic E-state index is 0.00847. The highest BCUT2D eigenvalue weighted by Gasteiger charge is 1.96. The second-order valence-corrected chi connectivity index (χ2v) is 3.14. The first-order valence-corrected chi connectivity index (χ1v) is 4.62. The number of pyridine rings is 1. The van der Waals surface area contributed by atoms with Crippen LogP contribution in [0.4, 0.5) is 0 Å². The second-order valence-electron chi connectivity index (χ2n) is 3.14. The lowest BCUT2D eigenvalue weighted by Gasteiger charge is -2.07. The lowest BCUT2D eigenvalue weighted by Crippen LogP contribution is -2.01. The van der Waals surface area contributed by atoms with Crippen LogP contribution in [0.15, 0.2) is 53.6 Å². The van der Waals surface area contributed by atoms with Crippen molar-refractivity contribution in [2.75, 3.05) is 7.11 Å². The van der Waals surface area contributed by atoms with Crippen LogP contribution >= 0.6 is 0 Å². The summed E-state index contributed by atoms with van der Waals surface area (Å²) in [4.78, 5) is 10.9. The van der Waals surface area contributed by atoms with Gasteiger partial charge in [0.25, 0.3) is 0 Å². The number of aromatic nitrogens is 1. The monoisotopic (exact) mass is 201 g/mol. The molecule has 0 aliphatic heterocycles. The Balaban J connectivity index is 2.44. The van der Waals surface area contributed by atoms with Gasteiger partial charge in [0.15, 0.2) is 5.43 Å². The first-order chi connectivity index (χ1) is 7.29. The third-order valence-corrected chi connectivity index (χ3v) is 2.15. The van der Waals surface area contributed by atoms with E-state index in [1.54, 1.807) is 19.5 Å². The fourth-order valence-electron chi connectivity index (χ4n) is 1.36. The molecule has 0 atom stereocenters. The van der Waals surface area contributed by atoms with Crippen molar-refractivity contribution in [1.82, 2.24) is 4.57 Å². The molecule has 0 aliphatic rings. The zero-order valence-corrected chi connectivity index (χ0v) is 8.38. The van der Waals surface area contributed by atoms with E-state index in [1.807, 2.05) is 28.8 Å². The van der Waals surface area contributed by atoms with Crippen LogP contribution in [-0.4, -0.2) is 11.7 Å². The Kier molecular flexibility index (Phi) is 2.54. The maximum Gasteiger partial charge on any atom is 0.181 e. The zero-order chi connectivity index (χ0) is 10.7. The summed E-state index contributed by atoms with van der Waals surface area (Å²) in [6.07, 6.45) is 3.47. The molecule has 3 heteroatoms. The molecule has 3 nitrogen and oxygen atoms in total. The van der Waals surface area contributed by atoms with Crippen LogP contribution in [0.25, 0.3) is 5.69 Å². The van der Waals surface area contributed by atoms with Gasteiger partial charge in [0, 0.05) is 36.3 Å². The number of benzene rings is 1. The Bertz CT molecular complexity index is 497.